The topological polar surface area (TPSA) is 23.5 Å². The lowest BCUT2D eigenvalue weighted by Gasteiger charge is -2.25. The van der Waals surface area contributed by atoms with Crippen molar-refractivity contribution in [1.82, 2.24) is 4.90 Å². The normalized spacial score (nSPS) is 25.4. The number of likely N-dealkylation sites (tertiary alicyclic amines) is 1. The number of hydrogen-bond acceptors (Lipinski definition) is 2. The van der Waals surface area contributed by atoms with Crippen LogP contribution in [0.3, 0.4) is 0 Å². The Morgan fingerprint density at radius 3 is 3.00 bits per heavy atom. The Labute approximate surface area is 106 Å². The van der Waals surface area contributed by atoms with E-state index in [0.29, 0.717) is 18.5 Å². The molecular weight excluding hydrogens is 241 g/mol. The minimum atomic E-state index is -1.01. The second-order valence-corrected chi connectivity index (χ2v) is 5.04. The maximum absolute atomic E-state index is 13.4. The zero-order valence-electron chi connectivity index (χ0n) is 9.92. The third kappa shape index (κ3) is 2.46. The van der Waals surface area contributed by atoms with Crippen molar-refractivity contribution in [3.63, 3.8) is 0 Å². The molecule has 0 radical (unpaired) electrons. The van der Waals surface area contributed by atoms with E-state index in [0.717, 1.165) is 19.5 Å². The smallest absolute Gasteiger partial charge is 0.142 e. The maximum Gasteiger partial charge on any atom is 0.142 e. The number of aliphatic hydroxyl groups is 1. The molecule has 0 aromatic heterocycles. The highest BCUT2D eigenvalue weighted by Gasteiger charge is 2.39. The third-order valence-corrected chi connectivity index (χ3v) is 3.70. The Morgan fingerprint density at radius 1 is 1.53 bits per heavy atom. The first-order valence-corrected chi connectivity index (χ1v) is 6.34. The van der Waals surface area contributed by atoms with Gasteiger partial charge in [-0.1, -0.05) is 30.7 Å². The van der Waals surface area contributed by atoms with Crippen LogP contribution in [0, 0.1) is 5.82 Å². The number of rotatable bonds is 3. The highest BCUT2D eigenvalue weighted by atomic mass is 35.5. The third-order valence-electron chi connectivity index (χ3n) is 3.32. The molecule has 0 spiro atoms. The molecule has 1 N–H and O–H groups in total. The van der Waals surface area contributed by atoms with Crippen LogP contribution in [0.5, 0.6) is 0 Å². The summed E-state index contributed by atoms with van der Waals surface area (Å²) in [5.41, 5.74) is -0.494. The van der Waals surface area contributed by atoms with Crippen molar-refractivity contribution in [3.05, 3.63) is 34.6 Å². The molecule has 1 aromatic carbocycles. The maximum atomic E-state index is 13.4. The first-order chi connectivity index (χ1) is 8.07. The average molecular weight is 258 g/mol. The molecule has 4 heteroatoms. The summed E-state index contributed by atoms with van der Waals surface area (Å²) in [6, 6.07) is 4.62. The van der Waals surface area contributed by atoms with Gasteiger partial charge in [0.1, 0.15) is 11.4 Å². The van der Waals surface area contributed by atoms with Gasteiger partial charge in [-0.25, -0.2) is 4.39 Å². The monoisotopic (exact) mass is 257 g/mol. The Balaban J connectivity index is 2.25. The summed E-state index contributed by atoms with van der Waals surface area (Å²) in [7, 11) is 0. The zero-order valence-corrected chi connectivity index (χ0v) is 10.7. The quantitative estimate of drug-likeness (QED) is 0.900. The van der Waals surface area contributed by atoms with E-state index >= 15 is 0 Å². The SMILES string of the molecule is CCCN1CCC(O)(c2cccc(F)c2Cl)C1. The zero-order chi connectivity index (χ0) is 12.5. The van der Waals surface area contributed by atoms with Crippen LogP contribution in [0.2, 0.25) is 5.02 Å². The van der Waals surface area contributed by atoms with E-state index in [9.17, 15) is 9.50 Å². The van der Waals surface area contributed by atoms with Gasteiger partial charge in [-0.3, -0.25) is 0 Å². The lowest BCUT2D eigenvalue weighted by molar-refractivity contribution is 0.0460. The highest BCUT2D eigenvalue weighted by molar-refractivity contribution is 6.31. The fourth-order valence-corrected chi connectivity index (χ4v) is 2.76. The standard InChI is InChI=1S/C13H17ClFNO/c1-2-7-16-8-6-13(17,9-16)10-4-3-5-11(15)12(10)14/h3-5,17H,2,6-9H2,1H3. The molecule has 1 saturated heterocycles. The first kappa shape index (κ1) is 12.8. The van der Waals surface area contributed by atoms with Crippen LogP contribution >= 0.6 is 11.6 Å². The molecule has 0 aliphatic carbocycles. The fourth-order valence-electron chi connectivity index (χ4n) is 2.46. The van der Waals surface area contributed by atoms with E-state index in [4.69, 9.17) is 11.6 Å². The molecule has 17 heavy (non-hydrogen) atoms. The molecule has 1 fully saturated rings. The molecule has 94 valence electrons. The number of benzene rings is 1. The van der Waals surface area contributed by atoms with Crippen LogP contribution in [0.4, 0.5) is 4.39 Å². The van der Waals surface area contributed by atoms with Crippen molar-refractivity contribution in [2.24, 2.45) is 0 Å². The molecule has 0 amide bonds. The van der Waals surface area contributed by atoms with Crippen LogP contribution in [0.1, 0.15) is 25.3 Å². The molecule has 1 aliphatic rings. The van der Waals surface area contributed by atoms with E-state index in [1.54, 1.807) is 12.1 Å². The van der Waals surface area contributed by atoms with Gasteiger partial charge >= 0.3 is 0 Å². The lowest BCUT2D eigenvalue weighted by atomic mass is 9.93. The van der Waals surface area contributed by atoms with Gasteiger partial charge in [-0.05, 0) is 25.5 Å². The van der Waals surface area contributed by atoms with E-state index in [2.05, 4.69) is 11.8 Å². The van der Waals surface area contributed by atoms with Gasteiger partial charge in [0.25, 0.3) is 0 Å². The number of halogens is 2. The predicted octanol–water partition coefficient (Wildman–Crippen LogP) is 2.78. The Bertz CT molecular complexity index is 412. The molecule has 0 saturated carbocycles. The Hall–Kier alpha value is -0.640. The Morgan fingerprint density at radius 2 is 2.29 bits per heavy atom. The molecular formula is C13H17ClFNO. The summed E-state index contributed by atoms with van der Waals surface area (Å²) in [5.74, 6) is -0.466. The van der Waals surface area contributed by atoms with Crippen LogP contribution in [0.25, 0.3) is 0 Å². The fraction of sp³-hybridized carbons (Fsp3) is 0.538. The van der Waals surface area contributed by atoms with Gasteiger partial charge in [-0.15, -0.1) is 0 Å². The van der Waals surface area contributed by atoms with Gasteiger partial charge in [0.2, 0.25) is 0 Å². The van der Waals surface area contributed by atoms with Crippen LogP contribution in [-0.2, 0) is 5.60 Å². The summed E-state index contributed by atoms with van der Waals surface area (Å²) in [6.07, 6.45) is 1.66. The minimum absolute atomic E-state index is 0.0494. The van der Waals surface area contributed by atoms with E-state index in [1.165, 1.54) is 6.07 Å². The summed E-state index contributed by atoms with van der Waals surface area (Å²) < 4.78 is 13.4. The highest BCUT2D eigenvalue weighted by Crippen LogP contribution is 2.36. The lowest BCUT2D eigenvalue weighted by Crippen LogP contribution is -2.31. The van der Waals surface area contributed by atoms with Gasteiger partial charge < -0.3 is 10.0 Å². The molecule has 1 aromatic rings. The van der Waals surface area contributed by atoms with E-state index in [1.807, 2.05) is 0 Å². The molecule has 1 atom stereocenters. The second kappa shape index (κ2) is 4.92. The predicted molar refractivity (Wildman–Crippen MR) is 66.7 cm³/mol. The Kier molecular flexibility index (Phi) is 3.71. The van der Waals surface area contributed by atoms with Crippen molar-refractivity contribution in [3.8, 4) is 0 Å². The molecule has 1 aliphatic heterocycles. The van der Waals surface area contributed by atoms with Gasteiger partial charge in [-0.2, -0.15) is 0 Å². The summed E-state index contributed by atoms with van der Waals surface area (Å²) >= 11 is 5.93. The summed E-state index contributed by atoms with van der Waals surface area (Å²) in [6.45, 7) is 4.42. The van der Waals surface area contributed by atoms with Crippen molar-refractivity contribution in [2.75, 3.05) is 19.6 Å². The number of nitrogens with zero attached hydrogens (tertiary/aromatic N) is 1. The average Bonchev–Trinajstić information content (AvgIpc) is 2.66. The van der Waals surface area contributed by atoms with Crippen molar-refractivity contribution < 1.29 is 9.50 Å². The number of hydrogen-bond donors (Lipinski definition) is 1. The van der Waals surface area contributed by atoms with Gasteiger partial charge in [0.05, 0.1) is 5.02 Å². The van der Waals surface area contributed by atoms with Gasteiger partial charge in [0.15, 0.2) is 0 Å². The van der Waals surface area contributed by atoms with Gasteiger partial charge in [0, 0.05) is 18.7 Å². The first-order valence-electron chi connectivity index (χ1n) is 5.96. The molecule has 1 unspecified atom stereocenters. The van der Waals surface area contributed by atoms with Crippen molar-refractivity contribution >= 4 is 11.6 Å². The van der Waals surface area contributed by atoms with Crippen LogP contribution in [0.15, 0.2) is 18.2 Å². The minimum Gasteiger partial charge on any atom is -0.384 e. The largest absolute Gasteiger partial charge is 0.384 e. The molecule has 2 rings (SSSR count). The van der Waals surface area contributed by atoms with Crippen LogP contribution < -0.4 is 0 Å². The van der Waals surface area contributed by atoms with Crippen molar-refractivity contribution in [1.29, 1.82) is 0 Å². The van der Waals surface area contributed by atoms with E-state index < -0.39 is 11.4 Å². The molecule has 2 nitrogen and oxygen atoms in total. The van der Waals surface area contributed by atoms with E-state index in [-0.39, 0.29) is 5.02 Å². The molecule has 0 bridgehead atoms. The molecule has 1 heterocycles. The second-order valence-electron chi connectivity index (χ2n) is 4.66. The van der Waals surface area contributed by atoms with Crippen LogP contribution in [-0.4, -0.2) is 29.6 Å². The number of β-amino-alcohol motifs (C(OH)–C–C–N with tert-alkyl or cyclic N) is 1. The van der Waals surface area contributed by atoms with Crippen molar-refractivity contribution in [2.45, 2.75) is 25.4 Å². The summed E-state index contributed by atoms with van der Waals surface area (Å²) in [5, 5.41) is 10.6. The summed E-state index contributed by atoms with van der Waals surface area (Å²) in [4.78, 5) is 2.18.